The van der Waals surface area contributed by atoms with Crippen molar-refractivity contribution < 1.29 is 58.3 Å². The Morgan fingerprint density at radius 2 is 1.34 bits per heavy atom. The molecule has 4 aromatic carbocycles. The second kappa shape index (κ2) is 17.5. The van der Waals surface area contributed by atoms with E-state index < -0.39 is 53.3 Å². The minimum Gasteiger partial charge on any atom is -0.493 e. The lowest BCUT2D eigenvalue weighted by Gasteiger charge is -2.39. The van der Waals surface area contributed by atoms with E-state index >= 15 is 0 Å². The number of aromatic nitrogens is 2. The molecule has 17 heteroatoms. The first-order chi connectivity index (χ1) is 27.5. The predicted octanol–water partition coefficient (Wildman–Crippen LogP) is 10.2. The lowest BCUT2D eigenvalue weighted by atomic mass is 9.86. The molecule has 4 atom stereocenters. The number of amides is 1. The molecule has 1 saturated heterocycles. The van der Waals surface area contributed by atoms with Crippen LogP contribution in [-0.2, 0) is 23.3 Å². The standard InChI is InChI=1S/C41H37F9N4O4/c1-25-20-22-54(23-28(25)24-56-32-15-11-30(12-16-32)40(45,46)47)35(38-52-36(53-58-38)27-7-9-29(10-8-27)39(42,43)44)37(55)51-21-19-34(26-5-3-2-4-6-26)57-33-17-13-31(14-18-33)41(48,49)50/h2-18,25,28,34-35H,19-24H2,1H3,(H,51,55)/t25-,28+,34+,35?/m0/s1. The van der Waals surface area contributed by atoms with E-state index in [2.05, 4.69) is 15.5 Å². The molecule has 8 nitrogen and oxygen atoms in total. The molecule has 1 aromatic heterocycles. The molecule has 2 heterocycles. The summed E-state index contributed by atoms with van der Waals surface area (Å²) in [6, 6.07) is 20.4. The third-order valence-corrected chi connectivity index (χ3v) is 9.89. The number of alkyl halides is 9. The minimum absolute atomic E-state index is 0.0279. The number of hydrogen-bond donors (Lipinski definition) is 1. The van der Waals surface area contributed by atoms with Crippen LogP contribution in [0.1, 0.15) is 60.1 Å². The average molecular weight is 821 g/mol. The molecule has 5 aromatic rings. The third kappa shape index (κ3) is 10.7. The van der Waals surface area contributed by atoms with Crippen LogP contribution in [0.25, 0.3) is 11.4 Å². The van der Waals surface area contributed by atoms with Crippen molar-refractivity contribution in [2.75, 3.05) is 26.2 Å². The fraction of sp³-hybridized carbons (Fsp3) is 0.341. The summed E-state index contributed by atoms with van der Waals surface area (Å²) in [6.07, 6.45) is -13.5. The van der Waals surface area contributed by atoms with Gasteiger partial charge in [0.2, 0.25) is 11.7 Å². The maximum atomic E-state index is 14.2. The maximum absolute atomic E-state index is 14.2. The number of carbonyl (C=O) groups excluding carboxylic acids is 1. The molecule has 0 bridgehead atoms. The van der Waals surface area contributed by atoms with Gasteiger partial charge in [0.25, 0.3) is 5.89 Å². The van der Waals surface area contributed by atoms with Crippen molar-refractivity contribution >= 4 is 5.91 Å². The van der Waals surface area contributed by atoms with E-state index in [9.17, 15) is 44.3 Å². The van der Waals surface area contributed by atoms with Crippen LogP contribution in [0.2, 0.25) is 0 Å². The summed E-state index contributed by atoms with van der Waals surface area (Å²) in [5.41, 5.74) is -1.62. The molecule has 0 radical (unpaired) electrons. The van der Waals surface area contributed by atoms with Gasteiger partial charge in [0.15, 0.2) is 6.04 Å². The summed E-state index contributed by atoms with van der Waals surface area (Å²) < 4.78 is 136. The zero-order valence-electron chi connectivity index (χ0n) is 30.7. The second-order valence-corrected chi connectivity index (χ2v) is 13.9. The van der Waals surface area contributed by atoms with Crippen molar-refractivity contribution in [3.63, 3.8) is 0 Å². The first-order valence-electron chi connectivity index (χ1n) is 18.2. The van der Waals surface area contributed by atoms with Crippen LogP contribution in [0, 0.1) is 11.8 Å². The fourth-order valence-electron chi connectivity index (χ4n) is 6.55. The fourth-order valence-corrected chi connectivity index (χ4v) is 6.55. The number of hydrogen-bond acceptors (Lipinski definition) is 7. The highest BCUT2D eigenvalue weighted by Gasteiger charge is 2.39. The molecule has 1 aliphatic rings. The number of piperidine rings is 1. The van der Waals surface area contributed by atoms with Gasteiger partial charge < -0.3 is 19.3 Å². The van der Waals surface area contributed by atoms with E-state index in [1.165, 1.54) is 36.4 Å². The Bertz CT molecular complexity index is 2090. The van der Waals surface area contributed by atoms with Gasteiger partial charge in [0.05, 0.1) is 23.3 Å². The predicted molar refractivity (Wildman–Crippen MR) is 192 cm³/mol. The Morgan fingerprint density at radius 1 is 0.793 bits per heavy atom. The molecule has 1 unspecified atom stereocenters. The monoisotopic (exact) mass is 820 g/mol. The molecular weight excluding hydrogens is 783 g/mol. The topological polar surface area (TPSA) is 89.7 Å². The van der Waals surface area contributed by atoms with E-state index in [0.717, 1.165) is 36.4 Å². The number of carbonyl (C=O) groups is 1. The molecule has 1 fully saturated rings. The highest BCUT2D eigenvalue weighted by molar-refractivity contribution is 5.82. The van der Waals surface area contributed by atoms with E-state index in [1.54, 1.807) is 35.2 Å². The van der Waals surface area contributed by atoms with Gasteiger partial charge in [-0.2, -0.15) is 44.5 Å². The van der Waals surface area contributed by atoms with Gasteiger partial charge in [0, 0.05) is 31.0 Å². The van der Waals surface area contributed by atoms with Crippen molar-refractivity contribution in [1.82, 2.24) is 20.4 Å². The first kappa shape index (κ1) is 42.0. The molecule has 58 heavy (non-hydrogen) atoms. The number of ether oxygens (including phenoxy) is 2. The number of benzene rings is 4. The Labute approximate surface area is 327 Å². The Balaban J connectivity index is 1.20. The number of likely N-dealkylation sites (tertiary alicyclic amines) is 1. The Morgan fingerprint density at radius 3 is 1.91 bits per heavy atom. The van der Waals surface area contributed by atoms with Crippen LogP contribution in [0.4, 0.5) is 39.5 Å². The minimum atomic E-state index is -4.56. The first-order valence-corrected chi connectivity index (χ1v) is 18.2. The van der Waals surface area contributed by atoms with Crippen LogP contribution >= 0.6 is 0 Å². The van der Waals surface area contributed by atoms with Crippen LogP contribution in [0.15, 0.2) is 108 Å². The molecule has 308 valence electrons. The highest BCUT2D eigenvalue weighted by Crippen LogP contribution is 2.36. The van der Waals surface area contributed by atoms with E-state index in [4.69, 9.17) is 14.0 Å². The van der Waals surface area contributed by atoms with Gasteiger partial charge in [-0.05, 0) is 85.1 Å². The molecule has 0 saturated carbocycles. The molecule has 0 aliphatic carbocycles. The van der Waals surface area contributed by atoms with Gasteiger partial charge in [-0.1, -0.05) is 54.5 Å². The summed E-state index contributed by atoms with van der Waals surface area (Å²) in [6.45, 7) is 2.78. The van der Waals surface area contributed by atoms with Crippen molar-refractivity contribution in [3.8, 4) is 22.9 Å². The Kier molecular flexibility index (Phi) is 12.7. The zero-order valence-corrected chi connectivity index (χ0v) is 30.7. The summed E-state index contributed by atoms with van der Waals surface area (Å²) in [5, 5.41) is 6.84. The molecule has 1 aliphatic heterocycles. The highest BCUT2D eigenvalue weighted by atomic mass is 19.4. The zero-order chi connectivity index (χ0) is 41.7. The van der Waals surface area contributed by atoms with Crippen molar-refractivity contribution in [3.05, 3.63) is 131 Å². The molecule has 6 rings (SSSR count). The SMILES string of the molecule is C[C@H]1CCN(C(C(=O)NCC[C@@H](Oc2ccc(C(F)(F)F)cc2)c2ccccc2)c2nc(-c3ccc(C(F)(F)F)cc3)no2)C[C@@H]1COc1ccc(C(F)(F)F)cc1. The van der Waals surface area contributed by atoms with Crippen LogP contribution in [-0.4, -0.2) is 47.2 Å². The largest absolute Gasteiger partial charge is 0.493 e. The van der Waals surface area contributed by atoms with Gasteiger partial charge >= 0.3 is 18.5 Å². The van der Waals surface area contributed by atoms with Gasteiger partial charge in [-0.3, -0.25) is 9.69 Å². The summed E-state index contributed by atoms with van der Waals surface area (Å²) >= 11 is 0. The molecule has 0 spiro atoms. The summed E-state index contributed by atoms with van der Waals surface area (Å²) in [4.78, 5) is 20.4. The van der Waals surface area contributed by atoms with E-state index in [1.807, 2.05) is 6.92 Å². The number of rotatable bonds is 13. The van der Waals surface area contributed by atoms with Gasteiger partial charge in [-0.15, -0.1) is 0 Å². The van der Waals surface area contributed by atoms with Crippen LogP contribution in [0.3, 0.4) is 0 Å². The van der Waals surface area contributed by atoms with Gasteiger partial charge in [0.1, 0.15) is 17.6 Å². The lowest BCUT2D eigenvalue weighted by Crippen LogP contribution is -2.48. The second-order valence-electron chi connectivity index (χ2n) is 13.9. The van der Waals surface area contributed by atoms with Crippen LogP contribution < -0.4 is 14.8 Å². The Hall–Kier alpha value is -5.58. The maximum Gasteiger partial charge on any atom is 0.416 e. The summed E-state index contributed by atoms with van der Waals surface area (Å²) in [5.74, 6) is -0.457. The van der Waals surface area contributed by atoms with Crippen molar-refractivity contribution in [2.45, 2.75) is 50.4 Å². The molecule has 1 amide bonds. The van der Waals surface area contributed by atoms with Gasteiger partial charge in [-0.25, -0.2) is 0 Å². The van der Waals surface area contributed by atoms with E-state index in [0.29, 0.717) is 18.5 Å². The van der Waals surface area contributed by atoms with Crippen molar-refractivity contribution in [1.29, 1.82) is 0 Å². The van der Waals surface area contributed by atoms with Crippen molar-refractivity contribution in [2.24, 2.45) is 11.8 Å². The lowest BCUT2D eigenvalue weighted by molar-refractivity contribution is -0.138. The summed E-state index contributed by atoms with van der Waals surface area (Å²) in [7, 11) is 0. The molecular formula is C41H37F9N4O4. The number of nitrogens with one attached hydrogen (secondary N) is 1. The smallest absolute Gasteiger partial charge is 0.416 e. The average Bonchev–Trinajstić information content (AvgIpc) is 3.67. The van der Waals surface area contributed by atoms with Crippen LogP contribution in [0.5, 0.6) is 11.5 Å². The quantitative estimate of drug-likeness (QED) is 0.118. The number of nitrogens with zero attached hydrogens (tertiary/aromatic N) is 3. The third-order valence-electron chi connectivity index (χ3n) is 9.89. The molecule has 1 N–H and O–H groups in total. The van der Waals surface area contributed by atoms with E-state index in [-0.39, 0.29) is 66.7 Å². The normalized spacial score (nSPS) is 17.7. The number of halogens is 9.